The van der Waals surface area contributed by atoms with Gasteiger partial charge in [-0.05, 0) is 61.3 Å². The maximum Gasteiger partial charge on any atom is 0.328 e. The first-order chi connectivity index (χ1) is 14.0. The number of carbonyl (C=O) groups is 1. The number of thioether (sulfide) groups is 1. The van der Waals surface area contributed by atoms with E-state index in [4.69, 9.17) is 4.74 Å². The minimum atomic E-state index is -1.24. The molecule has 0 N–H and O–H groups in total. The van der Waals surface area contributed by atoms with Crippen molar-refractivity contribution in [1.82, 2.24) is 0 Å². The summed E-state index contributed by atoms with van der Waals surface area (Å²) in [4.78, 5) is 24.0. The topological polar surface area (TPSA) is 93.2 Å². The van der Waals surface area contributed by atoms with Gasteiger partial charge < -0.3 is 4.74 Å². The van der Waals surface area contributed by atoms with Gasteiger partial charge in [0.05, 0.1) is 22.8 Å². The van der Waals surface area contributed by atoms with Gasteiger partial charge in [-0.25, -0.2) is 0 Å². The van der Waals surface area contributed by atoms with E-state index in [9.17, 15) is 20.2 Å². The minimum absolute atomic E-state index is 0.0179. The molecule has 1 heterocycles. The Kier molecular flexibility index (Phi) is 4.22. The van der Waals surface area contributed by atoms with Crippen LogP contribution in [0.15, 0.2) is 24.3 Å². The normalized spacial score (nSPS) is 42.0. The third-order valence-electron chi connectivity index (χ3n) is 8.17. The molecule has 0 unspecified atom stereocenters. The molecule has 1 aromatic carbocycles. The molecule has 1 spiro atoms. The first kappa shape index (κ1) is 18.9. The van der Waals surface area contributed by atoms with Gasteiger partial charge in [0.15, 0.2) is 5.41 Å². The number of esters is 1. The molecule has 152 valence electrons. The molecular formula is C22H24N2O4S. The van der Waals surface area contributed by atoms with Crippen LogP contribution in [0.1, 0.15) is 43.6 Å². The molecule has 5 fully saturated rings. The number of nitro benzene ring substituents is 1. The number of non-ortho nitro benzene ring substituents is 1. The Morgan fingerprint density at radius 1 is 1.17 bits per heavy atom. The predicted octanol–water partition coefficient (Wildman–Crippen LogP) is 4.30. The molecule has 7 heteroatoms. The van der Waals surface area contributed by atoms with Crippen LogP contribution in [0.2, 0.25) is 0 Å². The van der Waals surface area contributed by atoms with E-state index in [1.807, 2.05) is 11.8 Å². The zero-order chi connectivity index (χ0) is 20.4. The Balaban J connectivity index is 1.63. The van der Waals surface area contributed by atoms with Crippen molar-refractivity contribution in [3.8, 4) is 6.07 Å². The fraction of sp³-hybridized carbons (Fsp3) is 0.636. The number of hydrogen-bond acceptors (Lipinski definition) is 6. The van der Waals surface area contributed by atoms with Gasteiger partial charge in [-0.1, -0.05) is 12.1 Å². The van der Waals surface area contributed by atoms with Gasteiger partial charge in [0, 0.05) is 23.8 Å². The van der Waals surface area contributed by atoms with Crippen LogP contribution in [0.5, 0.6) is 0 Å². The predicted molar refractivity (Wildman–Crippen MR) is 108 cm³/mol. The van der Waals surface area contributed by atoms with Crippen molar-refractivity contribution < 1.29 is 14.5 Å². The van der Waals surface area contributed by atoms with E-state index in [1.165, 1.54) is 25.7 Å². The van der Waals surface area contributed by atoms with E-state index in [-0.39, 0.29) is 11.6 Å². The summed E-state index contributed by atoms with van der Waals surface area (Å²) in [5.41, 5.74) is -0.407. The van der Waals surface area contributed by atoms with Crippen LogP contribution in [-0.4, -0.2) is 28.5 Å². The molecule has 0 amide bonds. The van der Waals surface area contributed by atoms with E-state index >= 15 is 0 Å². The summed E-state index contributed by atoms with van der Waals surface area (Å²) in [6, 6.07) is 8.88. The van der Waals surface area contributed by atoms with E-state index in [0.29, 0.717) is 17.6 Å². The Labute approximate surface area is 174 Å². The molecule has 0 aromatic heterocycles. The van der Waals surface area contributed by atoms with Crippen molar-refractivity contribution in [2.45, 2.75) is 42.8 Å². The molecule has 4 saturated carbocycles. The van der Waals surface area contributed by atoms with Gasteiger partial charge in [-0.3, -0.25) is 14.9 Å². The average Bonchev–Trinajstić information content (AvgIpc) is 3.07. The summed E-state index contributed by atoms with van der Waals surface area (Å²) in [5, 5.41) is 21.6. The maximum atomic E-state index is 13.4. The van der Waals surface area contributed by atoms with Crippen molar-refractivity contribution in [2.24, 2.45) is 29.1 Å². The highest BCUT2D eigenvalue weighted by Gasteiger charge is 2.75. The number of ether oxygens (including phenoxy) is 1. The lowest BCUT2D eigenvalue weighted by atomic mass is 9.44. The Bertz CT molecular complexity index is 880. The molecule has 6 nitrogen and oxygen atoms in total. The second kappa shape index (κ2) is 6.46. The number of nitrogens with zero attached hydrogens (tertiary/aromatic N) is 2. The lowest BCUT2D eigenvalue weighted by molar-refractivity contribution is -0.384. The fourth-order valence-electron chi connectivity index (χ4n) is 7.34. The van der Waals surface area contributed by atoms with Gasteiger partial charge in [0.25, 0.3) is 5.69 Å². The molecule has 5 aliphatic rings. The second-order valence-electron chi connectivity index (χ2n) is 9.22. The van der Waals surface area contributed by atoms with Gasteiger partial charge >= 0.3 is 5.97 Å². The van der Waals surface area contributed by atoms with Crippen LogP contribution in [0.25, 0.3) is 0 Å². The van der Waals surface area contributed by atoms with Crippen molar-refractivity contribution in [1.29, 1.82) is 5.26 Å². The van der Waals surface area contributed by atoms with Crippen LogP contribution in [0.4, 0.5) is 5.69 Å². The van der Waals surface area contributed by atoms with E-state index < -0.39 is 21.1 Å². The second-order valence-corrected chi connectivity index (χ2v) is 10.5. The quantitative estimate of drug-likeness (QED) is 0.417. The van der Waals surface area contributed by atoms with Gasteiger partial charge in [0.2, 0.25) is 0 Å². The lowest BCUT2D eigenvalue weighted by Crippen LogP contribution is -2.65. The third kappa shape index (κ3) is 2.32. The number of hydrogen-bond donors (Lipinski definition) is 0. The van der Waals surface area contributed by atoms with Crippen LogP contribution in [0.3, 0.4) is 0 Å². The fourth-order valence-corrected chi connectivity index (χ4v) is 9.58. The Hall–Kier alpha value is -2.07. The largest absolute Gasteiger partial charge is 0.468 e. The molecule has 6 rings (SSSR count). The van der Waals surface area contributed by atoms with Crippen molar-refractivity contribution in [3.63, 3.8) is 0 Å². The van der Waals surface area contributed by atoms with Crippen LogP contribution < -0.4 is 0 Å². The lowest BCUT2D eigenvalue weighted by Gasteiger charge is -2.63. The van der Waals surface area contributed by atoms with E-state index in [1.54, 1.807) is 12.1 Å². The molecule has 1 aliphatic heterocycles. The molecule has 1 aromatic rings. The third-order valence-corrected chi connectivity index (χ3v) is 10.1. The molecule has 4 aliphatic carbocycles. The average molecular weight is 413 g/mol. The minimum Gasteiger partial charge on any atom is -0.468 e. The molecule has 0 radical (unpaired) electrons. The monoisotopic (exact) mass is 412 g/mol. The van der Waals surface area contributed by atoms with Gasteiger partial charge in [0.1, 0.15) is 0 Å². The molecule has 1 saturated heterocycles. The van der Waals surface area contributed by atoms with Crippen LogP contribution in [-0.2, 0) is 9.53 Å². The summed E-state index contributed by atoms with van der Waals surface area (Å²) in [6.07, 6.45) is 5.72. The highest BCUT2D eigenvalue weighted by molar-refractivity contribution is 8.01. The molecular weight excluding hydrogens is 388 g/mol. The molecule has 4 bridgehead atoms. The summed E-state index contributed by atoms with van der Waals surface area (Å²) < 4.78 is 4.88. The summed E-state index contributed by atoms with van der Waals surface area (Å²) in [6.45, 7) is 0. The summed E-state index contributed by atoms with van der Waals surface area (Å²) >= 11 is 1.81. The number of rotatable bonds is 3. The number of nitriles is 1. The number of nitro groups is 1. The van der Waals surface area contributed by atoms with Gasteiger partial charge in [-0.2, -0.15) is 17.0 Å². The smallest absolute Gasteiger partial charge is 0.328 e. The number of carbonyl (C=O) groups excluding carboxylic acids is 1. The molecule has 2 atom stereocenters. The van der Waals surface area contributed by atoms with Crippen LogP contribution in [0, 0.1) is 50.5 Å². The maximum absolute atomic E-state index is 13.4. The zero-order valence-corrected chi connectivity index (χ0v) is 17.2. The summed E-state index contributed by atoms with van der Waals surface area (Å²) in [7, 11) is 1.38. The first-order valence-electron chi connectivity index (χ1n) is 10.3. The van der Waals surface area contributed by atoms with Gasteiger partial charge in [-0.15, -0.1) is 0 Å². The Morgan fingerprint density at radius 3 is 2.24 bits per heavy atom. The van der Waals surface area contributed by atoms with Crippen molar-refractivity contribution in [3.05, 3.63) is 39.9 Å². The van der Waals surface area contributed by atoms with Crippen LogP contribution >= 0.6 is 11.8 Å². The van der Waals surface area contributed by atoms with Crippen molar-refractivity contribution in [2.75, 3.05) is 12.9 Å². The SMILES string of the molecule is COC(=O)[C@]1(C#N)[C@@H](c2ccc([N+](=O)[O-])cc2)CSC12C1CC3CC(C1)CC2C3. The van der Waals surface area contributed by atoms with Crippen molar-refractivity contribution >= 4 is 23.4 Å². The van der Waals surface area contributed by atoms with E-state index in [0.717, 1.165) is 43.1 Å². The number of methoxy groups -OCH3 is 1. The van der Waals surface area contributed by atoms with E-state index in [2.05, 4.69) is 6.07 Å². The number of benzene rings is 1. The Morgan fingerprint density at radius 2 is 1.76 bits per heavy atom. The highest BCUT2D eigenvalue weighted by Crippen LogP contribution is 2.74. The zero-order valence-electron chi connectivity index (χ0n) is 16.4. The summed E-state index contributed by atoms with van der Waals surface area (Å²) in [5.74, 6) is 2.12. The molecule has 29 heavy (non-hydrogen) atoms. The highest BCUT2D eigenvalue weighted by atomic mass is 32.2. The standard InChI is InChI=1S/C22H24N2O4S/c1-28-20(25)21(12-23)19(15-2-4-18(5-3-15)24(26)27)11-29-22(21)16-7-13-6-14(9-16)10-17(22)8-13/h2-5,13-14,16-17,19H,6-11H2,1H3/t13?,14?,16?,17?,19-,21+,22?/m1/s1. The first-order valence-corrected chi connectivity index (χ1v) is 11.3.